The third-order valence-corrected chi connectivity index (χ3v) is 2.45. The average Bonchev–Trinajstić information content (AvgIpc) is 2.02. The zero-order valence-electron chi connectivity index (χ0n) is 8.77. The Morgan fingerprint density at radius 1 is 1.50 bits per heavy atom. The minimum absolute atomic E-state index is 0.0152. The van der Waals surface area contributed by atoms with Crippen molar-refractivity contribution in [2.45, 2.75) is 39.7 Å². The van der Waals surface area contributed by atoms with Crippen LogP contribution in [-0.4, -0.2) is 22.0 Å². The maximum absolute atomic E-state index is 10.7. The van der Waals surface area contributed by atoms with Crippen molar-refractivity contribution in [1.82, 2.24) is 0 Å². The smallest absolute Gasteiger partial charge is 0.303 e. The van der Waals surface area contributed by atoms with E-state index in [1.54, 1.807) is 6.92 Å². The zero-order valence-corrected chi connectivity index (χ0v) is 8.77. The number of hydrogen-bond donors (Lipinski definition) is 1. The summed E-state index contributed by atoms with van der Waals surface area (Å²) in [5.74, 6) is -1.34. The van der Waals surface area contributed by atoms with Crippen molar-refractivity contribution in [2.75, 3.05) is 0 Å². The summed E-state index contributed by atoms with van der Waals surface area (Å²) in [5.41, 5.74) is 0. The van der Waals surface area contributed by atoms with Crippen molar-refractivity contribution < 1.29 is 14.8 Å². The molecule has 1 N–H and O–H groups in total. The maximum atomic E-state index is 10.7. The summed E-state index contributed by atoms with van der Waals surface area (Å²) < 4.78 is 0. The van der Waals surface area contributed by atoms with Gasteiger partial charge in [-0.2, -0.15) is 0 Å². The normalized spacial score (nSPS) is 15.1. The minimum atomic E-state index is -0.969. The van der Waals surface area contributed by atoms with Crippen LogP contribution in [0.1, 0.15) is 33.6 Å². The van der Waals surface area contributed by atoms with Crippen LogP contribution in [0.15, 0.2) is 0 Å². The van der Waals surface area contributed by atoms with Crippen molar-refractivity contribution in [3.05, 3.63) is 10.1 Å². The standard InChI is InChI=1S/C9H17NO4/c1-4-8(10(13)14)7(6(2)3)5-9(11)12/h6-8H,4-5H2,1-3H3,(H,11,12)/t7-,8+/m0/s1. The predicted molar refractivity (Wildman–Crippen MR) is 51.7 cm³/mol. The Bertz CT molecular complexity index is 215. The molecule has 0 bridgehead atoms. The lowest BCUT2D eigenvalue weighted by Gasteiger charge is -2.21. The van der Waals surface area contributed by atoms with Crippen LogP contribution in [0, 0.1) is 22.0 Å². The highest BCUT2D eigenvalue weighted by Crippen LogP contribution is 2.23. The van der Waals surface area contributed by atoms with E-state index in [1.807, 2.05) is 13.8 Å². The first kappa shape index (κ1) is 12.9. The molecule has 0 aromatic rings. The highest BCUT2D eigenvalue weighted by molar-refractivity contribution is 5.67. The summed E-state index contributed by atoms with van der Waals surface area (Å²) in [7, 11) is 0. The number of carbonyl (C=O) groups is 1. The van der Waals surface area contributed by atoms with Crippen LogP contribution in [0.2, 0.25) is 0 Å². The van der Waals surface area contributed by atoms with Gasteiger partial charge in [-0.25, -0.2) is 0 Å². The van der Waals surface area contributed by atoms with E-state index in [0.29, 0.717) is 6.42 Å². The van der Waals surface area contributed by atoms with Crippen LogP contribution >= 0.6 is 0 Å². The molecule has 0 fully saturated rings. The molecule has 14 heavy (non-hydrogen) atoms. The van der Waals surface area contributed by atoms with Crippen molar-refractivity contribution >= 4 is 5.97 Å². The molecular formula is C9H17NO4. The van der Waals surface area contributed by atoms with Gasteiger partial charge >= 0.3 is 5.97 Å². The van der Waals surface area contributed by atoms with E-state index in [2.05, 4.69) is 0 Å². The van der Waals surface area contributed by atoms with Gasteiger partial charge in [0.25, 0.3) is 0 Å². The Morgan fingerprint density at radius 3 is 2.21 bits per heavy atom. The second-order valence-electron chi connectivity index (χ2n) is 3.77. The van der Waals surface area contributed by atoms with Gasteiger partial charge in [-0.3, -0.25) is 14.9 Å². The van der Waals surface area contributed by atoms with Gasteiger partial charge in [0.1, 0.15) is 0 Å². The van der Waals surface area contributed by atoms with E-state index in [0.717, 1.165) is 0 Å². The second-order valence-corrected chi connectivity index (χ2v) is 3.77. The summed E-state index contributed by atoms with van der Waals surface area (Å²) in [4.78, 5) is 20.8. The number of nitrogens with zero attached hydrogens (tertiary/aromatic N) is 1. The van der Waals surface area contributed by atoms with Gasteiger partial charge in [0.15, 0.2) is 0 Å². The third kappa shape index (κ3) is 3.72. The number of carboxylic acids is 1. The van der Waals surface area contributed by atoms with Crippen LogP contribution in [-0.2, 0) is 4.79 Å². The van der Waals surface area contributed by atoms with Gasteiger partial charge in [-0.05, 0) is 5.92 Å². The van der Waals surface area contributed by atoms with E-state index in [4.69, 9.17) is 5.11 Å². The van der Waals surface area contributed by atoms with Gasteiger partial charge in [0, 0.05) is 17.3 Å². The predicted octanol–water partition coefficient (Wildman–Crippen LogP) is 1.79. The number of aliphatic carboxylic acids is 1. The topological polar surface area (TPSA) is 80.4 Å². The molecule has 0 heterocycles. The quantitative estimate of drug-likeness (QED) is 0.527. The summed E-state index contributed by atoms with van der Waals surface area (Å²) in [6.07, 6.45) is 0.250. The van der Waals surface area contributed by atoms with Crippen LogP contribution in [0.5, 0.6) is 0 Å². The minimum Gasteiger partial charge on any atom is -0.481 e. The Balaban J connectivity index is 4.60. The Kier molecular flexibility index (Phi) is 5.12. The van der Waals surface area contributed by atoms with Crippen molar-refractivity contribution in [3.63, 3.8) is 0 Å². The molecule has 0 aliphatic carbocycles. The molecule has 0 saturated carbocycles. The van der Waals surface area contributed by atoms with Crippen LogP contribution in [0.25, 0.3) is 0 Å². The van der Waals surface area contributed by atoms with Crippen LogP contribution < -0.4 is 0 Å². The molecule has 0 amide bonds. The SMILES string of the molecule is CC[C@H]([C@@H](CC(=O)O)C(C)C)[N+](=O)[O-]. The van der Waals surface area contributed by atoms with Gasteiger partial charge < -0.3 is 5.11 Å². The summed E-state index contributed by atoms with van der Waals surface area (Å²) in [6.45, 7) is 5.35. The molecule has 0 aliphatic heterocycles. The molecule has 0 saturated heterocycles. The highest BCUT2D eigenvalue weighted by Gasteiger charge is 2.33. The largest absolute Gasteiger partial charge is 0.481 e. The first-order chi connectivity index (χ1) is 6.40. The summed E-state index contributed by atoms with van der Waals surface area (Å²) in [5, 5.41) is 19.3. The van der Waals surface area contributed by atoms with Gasteiger partial charge in [-0.15, -0.1) is 0 Å². The molecule has 0 radical (unpaired) electrons. The molecule has 0 rings (SSSR count). The summed E-state index contributed by atoms with van der Waals surface area (Å²) in [6, 6.07) is -0.744. The van der Waals surface area contributed by atoms with E-state index in [9.17, 15) is 14.9 Å². The third-order valence-electron chi connectivity index (χ3n) is 2.45. The van der Waals surface area contributed by atoms with Crippen molar-refractivity contribution in [2.24, 2.45) is 11.8 Å². The molecule has 5 heteroatoms. The molecule has 0 aromatic heterocycles. The Hall–Kier alpha value is -1.13. The first-order valence-corrected chi connectivity index (χ1v) is 4.75. The number of hydrogen-bond acceptors (Lipinski definition) is 3. The Morgan fingerprint density at radius 2 is 2.00 bits per heavy atom. The molecule has 0 aliphatic rings. The second kappa shape index (κ2) is 5.57. The fourth-order valence-electron chi connectivity index (χ4n) is 1.63. The van der Waals surface area contributed by atoms with Crippen molar-refractivity contribution in [1.29, 1.82) is 0 Å². The monoisotopic (exact) mass is 203 g/mol. The van der Waals surface area contributed by atoms with Crippen LogP contribution in [0.4, 0.5) is 0 Å². The van der Waals surface area contributed by atoms with Crippen molar-refractivity contribution in [3.8, 4) is 0 Å². The molecule has 0 aromatic carbocycles. The molecule has 0 unspecified atom stereocenters. The molecular weight excluding hydrogens is 186 g/mol. The first-order valence-electron chi connectivity index (χ1n) is 4.75. The van der Waals surface area contributed by atoms with Gasteiger partial charge in [0.2, 0.25) is 6.04 Å². The zero-order chi connectivity index (χ0) is 11.3. The van der Waals surface area contributed by atoms with Gasteiger partial charge in [-0.1, -0.05) is 20.8 Å². The number of nitro groups is 1. The fraction of sp³-hybridized carbons (Fsp3) is 0.889. The maximum Gasteiger partial charge on any atom is 0.303 e. The number of carboxylic acid groups (broad SMARTS) is 1. The lowest BCUT2D eigenvalue weighted by Crippen LogP contribution is -2.33. The van der Waals surface area contributed by atoms with E-state index >= 15 is 0 Å². The fourth-order valence-corrected chi connectivity index (χ4v) is 1.63. The molecule has 82 valence electrons. The Labute approximate surface area is 83.3 Å². The van der Waals surface area contributed by atoms with Gasteiger partial charge in [0.05, 0.1) is 6.42 Å². The van der Waals surface area contributed by atoms with E-state index < -0.39 is 12.0 Å². The average molecular weight is 203 g/mol. The molecule has 2 atom stereocenters. The van der Waals surface area contributed by atoms with E-state index in [1.165, 1.54) is 0 Å². The highest BCUT2D eigenvalue weighted by atomic mass is 16.6. The molecule has 0 spiro atoms. The van der Waals surface area contributed by atoms with E-state index in [-0.39, 0.29) is 23.2 Å². The number of rotatable bonds is 6. The molecule has 5 nitrogen and oxygen atoms in total. The lowest BCUT2D eigenvalue weighted by molar-refractivity contribution is -0.534. The van der Waals surface area contributed by atoms with Crippen LogP contribution in [0.3, 0.4) is 0 Å². The lowest BCUT2D eigenvalue weighted by atomic mass is 9.85. The summed E-state index contributed by atoms with van der Waals surface area (Å²) >= 11 is 0.